The van der Waals surface area contributed by atoms with Gasteiger partial charge in [0, 0.05) is 30.4 Å². The van der Waals surface area contributed by atoms with E-state index in [4.69, 9.17) is 16.3 Å². The summed E-state index contributed by atoms with van der Waals surface area (Å²) in [5.41, 5.74) is 0.340. The third-order valence-corrected chi connectivity index (χ3v) is 12.3. The van der Waals surface area contributed by atoms with Gasteiger partial charge >= 0.3 is 6.09 Å². The molecule has 1 saturated heterocycles. The van der Waals surface area contributed by atoms with Crippen molar-refractivity contribution in [2.24, 2.45) is 11.3 Å². The van der Waals surface area contributed by atoms with Crippen LogP contribution in [0.25, 0.3) is 0 Å². The third kappa shape index (κ3) is 7.41. The second-order valence-electron chi connectivity index (χ2n) is 15.0. The number of likely N-dealkylation sites (tertiary alicyclic amines) is 1. The fraction of sp³-hybridized carbons (Fsp3) is 0.571. The van der Waals surface area contributed by atoms with Crippen molar-refractivity contribution in [3.05, 3.63) is 58.9 Å². The summed E-state index contributed by atoms with van der Waals surface area (Å²) in [4.78, 5) is 62.8. The highest BCUT2D eigenvalue weighted by Crippen LogP contribution is 2.47. The van der Waals surface area contributed by atoms with Crippen LogP contribution in [-0.4, -0.2) is 82.5 Å². The van der Waals surface area contributed by atoms with Gasteiger partial charge in [0.15, 0.2) is 0 Å². The monoisotopic (exact) mass is 728 g/mol. The Bertz CT molecular complexity index is 1770. The second kappa shape index (κ2) is 13.7. The van der Waals surface area contributed by atoms with Gasteiger partial charge in [-0.05, 0) is 66.3 Å². The van der Waals surface area contributed by atoms with Crippen LogP contribution in [0, 0.1) is 11.3 Å². The van der Waals surface area contributed by atoms with Gasteiger partial charge in [0.1, 0.15) is 23.7 Å². The number of carbonyl (C=O) groups excluding carboxylic acids is 4. The van der Waals surface area contributed by atoms with Gasteiger partial charge in [0.25, 0.3) is 5.91 Å². The Morgan fingerprint density at radius 3 is 2.52 bits per heavy atom. The number of hydrogen-bond acceptors (Lipinski definition) is 9. The number of anilines is 1. The molecule has 0 spiro atoms. The minimum absolute atomic E-state index is 0.00880. The predicted octanol–water partition coefficient (Wildman–Crippen LogP) is 3.97. The van der Waals surface area contributed by atoms with Crippen LogP contribution in [0.4, 0.5) is 10.5 Å². The molecule has 0 radical (unpaired) electrons. The van der Waals surface area contributed by atoms with E-state index >= 15 is 0 Å². The average molecular weight is 729 g/mol. The first-order valence-corrected chi connectivity index (χ1v) is 19.1. The molecule has 4 amide bonds. The lowest BCUT2D eigenvalue weighted by Gasteiger charge is -2.36. The van der Waals surface area contributed by atoms with Crippen molar-refractivity contribution in [1.82, 2.24) is 24.8 Å². The van der Waals surface area contributed by atoms with E-state index in [0.717, 1.165) is 17.5 Å². The summed E-state index contributed by atoms with van der Waals surface area (Å²) in [5, 5.41) is 6.10. The number of nitrogens with zero attached hydrogens (tertiary/aromatic N) is 3. The zero-order valence-corrected chi connectivity index (χ0v) is 30.4. The summed E-state index contributed by atoms with van der Waals surface area (Å²) in [5.74, 6) is -2.02. The second-order valence-corrected chi connectivity index (χ2v) is 17.4. The molecule has 4 aliphatic rings. The summed E-state index contributed by atoms with van der Waals surface area (Å²) in [6.07, 6.45) is 4.38. The number of benzene rings is 1. The molecule has 1 aromatic heterocycles. The first-order valence-electron chi connectivity index (χ1n) is 17.2. The van der Waals surface area contributed by atoms with Crippen molar-refractivity contribution in [2.75, 3.05) is 11.9 Å². The molecule has 2 aliphatic heterocycles. The Kier molecular flexibility index (Phi) is 9.81. The Balaban J connectivity index is 1.24. The van der Waals surface area contributed by atoms with E-state index < -0.39 is 68.2 Å². The topological polar surface area (TPSA) is 167 Å². The zero-order chi connectivity index (χ0) is 36.0. The Morgan fingerprint density at radius 2 is 1.88 bits per heavy atom. The maximum absolute atomic E-state index is 14.5. The van der Waals surface area contributed by atoms with Crippen molar-refractivity contribution in [1.29, 1.82) is 0 Å². The molecule has 6 rings (SSSR count). The van der Waals surface area contributed by atoms with Crippen LogP contribution in [-0.2, 0) is 42.2 Å². The SMILES string of the molecule is CCC[C@H]1C[C@]1(NC(=O)[C@@H]1CC(OC(=O)N2Cc3cccc(Cl)c3C2)CN1C(=O)[C@@H](Nc1cccnc1)C(C)(C)C)C(=O)NS(=O)(=O)C1CC1. The fourth-order valence-electron chi connectivity index (χ4n) is 7.03. The standard InChI is InChI=1S/C35H45ClN6O7S/c1-5-8-22-16-35(22,32(45)40-50(47,48)25-12-13-25)39-30(43)28-15-24(49-33(46)41-18-21-9-6-11-27(36)26(21)20-41)19-42(28)31(44)29(34(2,3)4)38-23-10-7-14-37-17-23/h6-7,9-11,14,17,22,24-25,28-29,38H,5,8,12-13,15-16,18-20H2,1-4H3,(H,39,43)(H,40,45)/t22-,24?,28-,29+,35+/m0/s1. The molecule has 3 N–H and O–H groups in total. The fourth-order valence-corrected chi connectivity index (χ4v) is 8.65. The summed E-state index contributed by atoms with van der Waals surface area (Å²) in [6.45, 7) is 8.18. The van der Waals surface area contributed by atoms with Crippen LogP contribution in [0.2, 0.25) is 5.02 Å². The molecule has 1 aromatic carbocycles. The molecule has 270 valence electrons. The first kappa shape index (κ1) is 35.9. The molecule has 2 aliphatic carbocycles. The summed E-state index contributed by atoms with van der Waals surface area (Å²) >= 11 is 6.37. The van der Waals surface area contributed by atoms with Gasteiger partial charge in [-0.15, -0.1) is 0 Å². The number of aromatic nitrogens is 1. The Hall–Kier alpha value is -3.91. The van der Waals surface area contributed by atoms with Gasteiger partial charge in [-0.25, -0.2) is 13.2 Å². The lowest BCUT2D eigenvalue weighted by atomic mass is 9.85. The van der Waals surface area contributed by atoms with Crippen LogP contribution in [0.5, 0.6) is 0 Å². The van der Waals surface area contributed by atoms with E-state index in [9.17, 15) is 27.6 Å². The van der Waals surface area contributed by atoms with Crippen LogP contribution < -0.4 is 15.4 Å². The quantitative estimate of drug-likeness (QED) is 0.310. The van der Waals surface area contributed by atoms with E-state index in [-0.39, 0.29) is 31.8 Å². The molecule has 5 atom stereocenters. The summed E-state index contributed by atoms with van der Waals surface area (Å²) in [6, 6.07) is 7.12. The molecular weight excluding hydrogens is 684 g/mol. The van der Waals surface area contributed by atoms with Gasteiger partial charge in [0.2, 0.25) is 21.8 Å². The number of nitrogens with one attached hydrogen (secondary N) is 3. The number of pyridine rings is 1. The number of carbonyl (C=O) groups is 4. The van der Waals surface area contributed by atoms with Gasteiger partial charge < -0.3 is 20.3 Å². The van der Waals surface area contributed by atoms with E-state index in [1.165, 1.54) is 9.80 Å². The number of sulfonamides is 1. The molecular formula is C35H45ClN6O7S. The number of hydrogen-bond donors (Lipinski definition) is 3. The van der Waals surface area contributed by atoms with E-state index in [2.05, 4.69) is 20.3 Å². The molecule has 1 unspecified atom stereocenters. The smallest absolute Gasteiger partial charge is 0.410 e. The number of rotatable bonds is 11. The highest BCUT2D eigenvalue weighted by Gasteiger charge is 2.62. The normalized spacial score (nSPS) is 25.0. The van der Waals surface area contributed by atoms with Crippen LogP contribution >= 0.6 is 11.6 Å². The van der Waals surface area contributed by atoms with E-state index in [1.54, 1.807) is 30.6 Å². The third-order valence-electron chi connectivity index (χ3n) is 10.1. The summed E-state index contributed by atoms with van der Waals surface area (Å²) < 4.78 is 33.6. The molecule has 2 aromatic rings. The van der Waals surface area contributed by atoms with Crippen molar-refractivity contribution >= 4 is 51.1 Å². The minimum atomic E-state index is -3.86. The van der Waals surface area contributed by atoms with Crippen molar-refractivity contribution in [3.63, 3.8) is 0 Å². The van der Waals surface area contributed by atoms with Crippen LogP contribution in [0.3, 0.4) is 0 Å². The highest BCUT2D eigenvalue weighted by molar-refractivity contribution is 7.91. The molecule has 0 bridgehead atoms. The number of halogens is 1. The highest BCUT2D eigenvalue weighted by atomic mass is 35.5. The van der Waals surface area contributed by atoms with Gasteiger partial charge in [-0.1, -0.05) is 57.8 Å². The van der Waals surface area contributed by atoms with Crippen LogP contribution in [0.15, 0.2) is 42.7 Å². The predicted molar refractivity (Wildman–Crippen MR) is 186 cm³/mol. The molecule has 3 heterocycles. The molecule has 50 heavy (non-hydrogen) atoms. The van der Waals surface area contributed by atoms with Gasteiger partial charge in [0.05, 0.1) is 24.0 Å². The maximum Gasteiger partial charge on any atom is 0.410 e. The zero-order valence-electron chi connectivity index (χ0n) is 28.8. The Labute approximate surface area is 297 Å². The lowest BCUT2D eigenvalue weighted by molar-refractivity contribution is -0.141. The van der Waals surface area contributed by atoms with Crippen molar-refractivity contribution in [3.8, 4) is 0 Å². The average Bonchev–Trinajstić information content (AvgIpc) is 3.94. The van der Waals surface area contributed by atoms with Crippen LogP contribution in [0.1, 0.15) is 77.3 Å². The van der Waals surface area contributed by atoms with Gasteiger partial charge in [-0.2, -0.15) is 0 Å². The number of fused-ring (bicyclic) bond motifs is 1. The minimum Gasteiger partial charge on any atom is -0.444 e. The maximum atomic E-state index is 14.5. The largest absolute Gasteiger partial charge is 0.444 e. The molecule has 3 fully saturated rings. The summed E-state index contributed by atoms with van der Waals surface area (Å²) in [7, 11) is -3.86. The number of ether oxygens (including phenoxy) is 1. The van der Waals surface area contributed by atoms with E-state index in [1.807, 2.05) is 39.8 Å². The first-order chi connectivity index (χ1) is 23.6. The molecule has 13 nitrogen and oxygen atoms in total. The molecule has 2 saturated carbocycles. The number of amides is 4. The van der Waals surface area contributed by atoms with Crippen molar-refractivity contribution in [2.45, 2.75) is 108 Å². The van der Waals surface area contributed by atoms with Crippen molar-refractivity contribution < 1.29 is 32.3 Å². The Morgan fingerprint density at radius 1 is 1.12 bits per heavy atom. The molecule has 15 heteroatoms. The van der Waals surface area contributed by atoms with E-state index in [0.29, 0.717) is 36.5 Å². The lowest BCUT2D eigenvalue weighted by Crippen LogP contribution is -2.58. The van der Waals surface area contributed by atoms with Gasteiger partial charge in [-0.3, -0.25) is 29.0 Å².